The van der Waals surface area contributed by atoms with Crippen LogP contribution in [0.4, 0.5) is 0 Å². The van der Waals surface area contributed by atoms with E-state index in [4.69, 9.17) is 32.8 Å². The summed E-state index contributed by atoms with van der Waals surface area (Å²) in [5.74, 6) is -10.1. The van der Waals surface area contributed by atoms with Gasteiger partial charge >= 0.3 is 11.3 Å². The van der Waals surface area contributed by atoms with Gasteiger partial charge in [-0.3, -0.25) is 0 Å². The van der Waals surface area contributed by atoms with Crippen molar-refractivity contribution in [2.24, 2.45) is 0 Å². The Kier molecular flexibility index (Phi) is 14.5. The lowest BCUT2D eigenvalue weighted by Crippen LogP contribution is -2.60. The Hall–Kier alpha value is -9.01. The van der Waals surface area contributed by atoms with E-state index >= 15 is 0 Å². The molecule has 0 aliphatic carbocycles. The zero-order valence-corrected chi connectivity index (χ0v) is 42.9. The largest absolute Gasteiger partial charge is 0.507 e. The van der Waals surface area contributed by atoms with Gasteiger partial charge < -0.3 is 115 Å². The lowest BCUT2D eigenvalue weighted by Gasteiger charge is -2.39. The molecule has 426 valence electrons. The quantitative estimate of drug-likeness (QED) is 0.0579. The van der Waals surface area contributed by atoms with E-state index < -0.39 is 142 Å². The Balaban J connectivity index is 1.34. The van der Waals surface area contributed by atoms with E-state index in [0.29, 0.717) is 0 Å². The highest BCUT2D eigenvalue weighted by Crippen LogP contribution is 2.58. The van der Waals surface area contributed by atoms with Gasteiger partial charge in [0.2, 0.25) is 17.8 Å². The minimum atomic E-state index is -2.16. The molecular weight excluding hydrogens is 1070 g/mol. The highest BCUT2D eigenvalue weighted by molar-refractivity contribution is 6.05. The van der Waals surface area contributed by atoms with E-state index in [9.17, 15) is 86.8 Å². The maximum absolute atomic E-state index is 12.3. The number of methoxy groups -OCH3 is 2. The average molecular weight is 1120 g/mol. The summed E-state index contributed by atoms with van der Waals surface area (Å²) in [6.45, 7) is 0.526. The molecule has 1 aromatic heterocycles. The van der Waals surface area contributed by atoms with Gasteiger partial charge in [0.25, 0.3) is 0 Å². The van der Waals surface area contributed by atoms with E-state index in [1.54, 1.807) is 0 Å². The summed E-state index contributed by atoms with van der Waals surface area (Å²) in [4.78, 5) is 0. The highest BCUT2D eigenvalue weighted by Gasteiger charge is 2.48. The van der Waals surface area contributed by atoms with Crippen LogP contribution in [0, 0.1) is 0 Å². The fourth-order valence-electron chi connectivity index (χ4n) is 10.6. The van der Waals surface area contributed by atoms with Crippen molar-refractivity contribution in [1.82, 2.24) is 0 Å². The number of allylic oxidation sites excluding steroid dienone is 1. The number of rotatable bonds is 12. The van der Waals surface area contributed by atoms with Crippen LogP contribution in [0.2, 0.25) is 0 Å². The van der Waals surface area contributed by atoms with Crippen LogP contribution in [0.5, 0.6) is 92.0 Å². The van der Waals surface area contributed by atoms with Gasteiger partial charge in [0.1, 0.15) is 88.0 Å². The summed E-state index contributed by atoms with van der Waals surface area (Å²) >= 11 is 0. The van der Waals surface area contributed by atoms with Crippen molar-refractivity contribution < 1.29 is 120 Å². The van der Waals surface area contributed by atoms with E-state index in [0.717, 1.165) is 48.5 Å². The van der Waals surface area contributed by atoms with Crippen molar-refractivity contribution in [2.75, 3.05) is 20.8 Å². The van der Waals surface area contributed by atoms with Gasteiger partial charge in [-0.1, -0.05) is 19.1 Å². The fourth-order valence-corrected chi connectivity index (χ4v) is 10.6. The second-order valence-corrected chi connectivity index (χ2v) is 19.7. The number of hydrogen-bond acceptors (Lipinski definition) is 23. The van der Waals surface area contributed by atoms with E-state index in [2.05, 4.69) is 0 Å². The molecule has 3 aliphatic rings. The second-order valence-electron chi connectivity index (χ2n) is 19.7. The van der Waals surface area contributed by atoms with Crippen LogP contribution in [0.3, 0.4) is 0 Å². The second kappa shape index (κ2) is 21.2. The molecule has 10 rings (SSSR count). The maximum atomic E-state index is 12.3. The Bertz CT molecular complexity index is 3630. The van der Waals surface area contributed by atoms with Crippen LogP contribution in [0.1, 0.15) is 64.0 Å². The molecule has 7 aromatic rings. The Morgan fingerprint density at radius 1 is 0.617 bits per heavy atom. The number of hydrogen-bond donors (Lipinski definition) is 17. The predicted octanol–water partition coefficient (Wildman–Crippen LogP) is 4.76. The Morgan fingerprint density at radius 3 is 1.73 bits per heavy atom. The third-order valence-electron chi connectivity index (χ3n) is 14.7. The standard InChI is InChI=1S/C57H54O24/c1-20(44-37(68)18-33(64)28-16-39(70)52(80-55(28)44)22-5-7-30(61)35(66)9-22)25(14-26-31(62)17-32(63)27-15-38(69)51(79-54(26)27)21-4-6-29(60)34(65)8-21)45-46-36(67)12-24(59)13-40(46)77-53(23-10-41(75-2)47(71)42(11-23)76-3)56(45)81-57-50(74)49(73)48(72)43(19-58)78-57/h4-14,17-18,20,38-39,43,48-52,57-58,69-70,72-74H,15-16,19H2,1-3H3,(H10-,59,60,61,62,63,64,65,66,67,68,71)/p+1/t20?,38-,39-,43+,48+,49-,50+,51+,52+,57-/m0/s1. The number of phenolic OH excluding ortho intramolecular Hbond substituents is 11. The first-order valence-electron chi connectivity index (χ1n) is 24.9. The average Bonchev–Trinajstić information content (AvgIpc) is 3.55. The van der Waals surface area contributed by atoms with Crippen molar-refractivity contribution >= 4 is 22.6 Å². The number of fused-ring (bicyclic) bond motifs is 3. The van der Waals surface area contributed by atoms with Crippen molar-refractivity contribution in [1.29, 1.82) is 0 Å². The van der Waals surface area contributed by atoms with E-state index in [-0.39, 0.29) is 96.9 Å². The van der Waals surface area contributed by atoms with Gasteiger partial charge in [-0.05, 0) is 47.0 Å². The van der Waals surface area contributed by atoms with E-state index in [1.807, 2.05) is 0 Å². The molecule has 24 heteroatoms. The third-order valence-corrected chi connectivity index (χ3v) is 14.7. The number of benzene rings is 6. The van der Waals surface area contributed by atoms with Gasteiger partial charge in [-0.2, -0.15) is 0 Å². The minimum absolute atomic E-state index is 0.0645. The lowest BCUT2D eigenvalue weighted by atomic mass is 9.81. The summed E-state index contributed by atoms with van der Waals surface area (Å²) in [5.41, 5.74) is -1.49. The smallest absolute Gasteiger partial charge is 0.403 e. The molecule has 24 nitrogen and oxygen atoms in total. The van der Waals surface area contributed by atoms with Gasteiger partial charge in [-0.15, -0.1) is 0 Å². The van der Waals surface area contributed by atoms with Crippen molar-refractivity contribution in [3.63, 3.8) is 0 Å². The molecule has 1 saturated heterocycles. The molecular formula is C57H55O24+. The van der Waals surface area contributed by atoms with Crippen LogP contribution in [-0.2, 0) is 17.6 Å². The summed E-state index contributed by atoms with van der Waals surface area (Å²) in [6.07, 6.45) is -15.0. The normalized spacial score (nSPS) is 22.9. The summed E-state index contributed by atoms with van der Waals surface area (Å²) < 4.78 is 43.0. The Morgan fingerprint density at radius 2 is 1.17 bits per heavy atom. The summed E-state index contributed by atoms with van der Waals surface area (Å²) in [6, 6.07) is 13.6. The van der Waals surface area contributed by atoms with Crippen LogP contribution in [0.25, 0.3) is 33.9 Å². The molecule has 0 amide bonds. The monoisotopic (exact) mass is 1120 g/mol. The predicted molar refractivity (Wildman–Crippen MR) is 280 cm³/mol. The van der Waals surface area contributed by atoms with Crippen molar-refractivity contribution in [3.05, 3.63) is 112 Å². The molecule has 10 atom stereocenters. The zero-order valence-electron chi connectivity index (χ0n) is 42.9. The summed E-state index contributed by atoms with van der Waals surface area (Å²) in [5, 5.41) is 190. The lowest BCUT2D eigenvalue weighted by molar-refractivity contribution is -0.277. The van der Waals surface area contributed by atoms with Gasteiger partial charge in [-0.25, -0.2) is 4.42 Å². The zero-order chi connectivity index (χ0) is 58.2. The Labute approximate surface area is 457 Å². The molecule has 6 aromatic carbocycles. The van der Waals surface area contributed by atoms with E-state index in [1.165, 1.54) is 51.5 Å². The molecule has 0 saturated carbocycles. The number of aromatic hydroxyl groups is 11. The molecule has 1 unspecified atom stereocenters. The number of aliphatic hydroxyl groups excluding tert-OH is 6. The number of ether oxygens (including phenoxy) is 6. The van der Waals surface area contributed by atoms with Crippen LogP contribution in [-0.4, -0.2) is 151 Å². The molecule has 81 heavy (non-hydrogen) atoms. The summed E-state index contributed by atoms with van der Waals surface area (Å²) in [7, 11) is 2.43. The first-order valence-corrected chi connectivity index (χ1v) is 24.9. The minimum Gasteiger partial charge on any atom is -0.507 e. The van der Waals surface area contributed by atoms with Crippen molar-refractivity contribution in [3.8, 4) is 103 Å². The third kappa shape index (κ3) is 9.66. The van der Waals surface area contributed by atoms with Gasteiger partial charge in [0.15, 0.2) is 34.5 Å². The van der Waals surface area contributed by atoms with Crippen LogP contribution >= 0.6 is 0 Å². The number of phenols is 11. The van der Waals surface area contributed by atoms with Gasteiger partial charge in [0.05, 0.1) is 55.8 Å². The molecule has 17 N–H and O–H groups in total. The highest BCUT2D eigenvalue weighted by atomic mass is 16.7. The molecule has 4 heterocycles. The molecule has 1 fully saturated rings. The SMILES string of the molecule is COc1cc(-c2[o+]c3cc(O)cc(O)c3c(C(=Cc3c(O)cc(O)c4c3O[C@H](c3ccc(O)c(O)c3)[C@@H](O)C4)C(C)c3c(O)cc(O)c4c3O[C@H](c3ccc(O)c(O)c3)[C@@H](O)C4)c2O[C@@H]2O[C@H](CO)[C@@H](O)[C@H](O)[C@H]2O)cc(OC)c1O. The first-order chi connectivity index (χ1) is 38.5. The topological polar surface area (TPSA) is 411 Å². The molecule has 3 aliphatic heterocycles. The maximum Gasteiger partial charge on any atom is 0.403 e. The first kappa shape index (κ1) is 55.3. The number of aliphatic hydroxyl groups is 6. The van der Waals surface area contributed by atoms with Crippen LogP contribution < -0.4 is 23.7 Å². The molecule has 0 radical (unpaired) electrons. The van der Waals surface area contributed by atoms with Crippen LogP contribution in [0.15, 0.2) is 77.2 Å². The van der Waals surface area contributed by atoms with Crippen molar-refractivity contribution in [2.45, 2.75) is 80.8 Å². The molecule has 0 bridgehead atoms. The van der Waals surface area contributed by atoms with Gasteiger partial charge in [0, 0.05) is 65.8 Å². The fraction of sp³-hybridized carbons (Fsp3) is 0.281. The molecule has 0 spiro atoms.